The average molecular weight is 501 g/mol. The van der Waals surface area contributed by atoms with Crippen LogP contribution in [-0.2, 0) is 20.1 Å². The van der Waals surface area contributed by atoms with Gasteiger partial charge in [0.1, 0.15) is 17.6 Å². The van der Waals surface area contributed by atoms with E-state index in [2.05, 4.69) is 22.2 Å². The minimum absolute atomic E-state index is 0.199. The van der Waals surface area contributed by atoms with Gasteiger partial charge in [0.25, 0.3) is 5.91 Å². The third kappa shape index (κ3) is 5.75. The minimum Gasteiger partial charge on any atom is -0.493 e. The van der Waals surface area contributed by atoms with Crippen LogP contribution in [0.3, 0.4) is 0 Å². The van der Waals surface area contributed by atoms with Crippen LogP contribution in [0.5, 0.6) is 5.75 Å². The summed E-state index contributed by atoms with van der Waals surface area (Å²) >= 11 is 0. The van der Waals surface area contributed by atoms with Gasteiger partial charge in [0, 0.05) is 56.8 Å². The molecule has 8 heteroatoms. The van der Waals surface area contributed by atoms with E-state index in [-0.39, 0.29) is 22.8 Å². The lowest BCUT2D eigenvalue weighted by Crippen LogP contribution is -2.43. The summed E-state index contributed by atoms with van der Waals surface area (Å²) in [6.45, 7) is 3.28. The second-order valence-electron chi connectivity index (χ2n) is 9.88. The van der Waals surface area contributed by atoms with Crippen LogP contribution in [0.1, 0.15) is 34.5 Å². The van der Waals surface area contributed by atoms with Crippen molar-refractivity contribution in [3.05, 3.63) is 94.1 Å². The Morgan fingerprint density at radius 1 is 1.14 bits per heavy atom. The van der Waals surface area contributed by atoms with Gasteiger partial charge in [-0.05, 0) is 49.7 Å². The van der Waals surface area contributed by atoms with E-state index in [0.29, 0.717) is 25.1 Å². The van der Waals surface area contributed by atoms with Crippen molar-refractivity contribution in [1.82, 2.24) is 19.5 Å². The largest absolute Gasteiger partial charge is 0.493 e. The van der Waals surface area contributed by atoms with Crippen LogP contribution in [0.25, 0.3) is 10.9 Å². The van der Waals surface area contributed by atoms with Crippen molar-refractivity contribution in [2.75, 3.05) is 26.7 Å². The zero-order valence-electron chi connectivity index (χ0n) is 21.3. The van der Waals surface area contributed by atoms with E-state index in [1.807, 2.05) is 55.1 Å². The third-order valence-corrected chi connectivity index (χ3v) is 6.92. The fourth-order valence-corrected chi connectivity index (χ4v) is 5.02. The first-order chi connectivity index (χ1) is 18.0. The highest BCUT2D eigenvalue weighted by Crippen LogP contribution is 2.21. The summed E-state index contributed by atoms with van der Waals surface area (Å²) in [4.78, 5) is 30.3. The number of hydrogen-bond acceptors (Lipinski definition) is 6. The van der Waals surface area contributed by atoms with Gasteiger partial charge in [0.15, 0.2) is 0 Å². The number of aromatic nitrogens is 2. The van der Waals surface area contributed by atoms with E-state index < -0.39 is 0 Å². The number of aryl methyl sites for hydroxylation is 1. The number of carbonyl (C=O) groups is 1. The molecule has 0 N–H and O–H groups in total. The van der Waals surface area contributed by atoms with Crippen molar-refractivity contribution in [3.63, 3.8) is 0 Å². The number of nitrogens with zero attached hydrogens (tertiary/aromatic N) is 4. The molecule has 2 aromatic heterocycles. The van der Waals surface area contributed by atoms with Gasteiger partial charge in [0.2, 0.25) is 5.43 Å². The molecule has 4 aromatic rings. The Morgan fingerprint density at radius 2 is 1.95 bits per heavy atom. The number of pyridine rings is 1. The predicted octanol–water partition coefficient (Wildman–Crippen LogP) is 4.09. The Labute approximate surface area is 216 Å². The molecule has 1 atom stereocenters. The van der Waals surface area contributed by atoms with Crippen LogP contribution in [-0.4, -0.2) is 52.2 Å². The fraction of sp³-hybridized carbons (Fsp3) is 0.345. The quantitative estimate of drug-likeness (QED) is 0.363. The lowest BCUT2D eigenvalue weighted by Gasteiger charge is -2.32. The normalized spacial score (nSPS) is 15.9. The maximum atomic E-state index is 13.3. The van der Waals surface area contributed by atoms with Crippen molar-refractivity contribution in [2.24, 2.45) is 13.0 Å². The van der Waals surface area contributed by atoms with Crippen LogP contribution in [0.2, 0.25) is 0 Å². The Morgan fingerprint density at radius 3 is 2.73 bits per heavy atom. The van der Waals surface area contributed by atoms with E-state index in [1.54, 1.807) is 23.4 Å². The number of amides is 1. The Kier molecular flexibility index (Phi) is 7.37. The molecule has 1 amide bonds. The number of para-hydroxylation sites is 1. The van der Waals surface area contributed by atoms with Crippen molar-refractivity contribution in [1.29, 1.82) is 0 Å². The fourth-order valence-electron chi connectivity index (χ4n) is 5.02. The first-order valence-corrected chi connectivity index (χ1v) is 12.6. The monoisotopic (exact) mass is 500 g/mol. The van der Waals surface area contributed by atoms with Gasteiger partial charge in [-0.25, -0.2) is 0 Å². The van der Waals surface area contributed by atoms with Crippen molar-refractivity contribution in [2.45, 2.75) is 25.9 Å². The minimum atomic E-state index is -0.205. The lowest BCUT2D eigenvalue weighted by molar-refractivity contribution is 0.0631. The lowest BCUT2D eigenvalue weighted by atomic mass is 9.98. The van der Waals surface area contributed by atoms with E-state index in [1.165, 1.54) is 5.56 Å². The first kappa shape index (κ1) is 24.8. The molecule has 37 heavy (non-hydrogen) atoms. The Hall–Kier alpha value is -3.91. The van der Waals surface area contributed by atoms with Gasteiger partial charge < -0.3 is 18.7 Å². The highest BCUT2D eigenvalue weighted by atomic mass is 16.5. The first-order valence-electron chi connectivity index (χ1n) is 12.6. The molecule has 0 aliphatic carbocycles. The van der Waals surface area contributed by atoms with Crippen LogP contribution in [0.15, 0.2) is 76.4 Å². The number of hydrogen-bond donors (Lipinski definition) is 0. The molecule has 192 valence electrons. The maximum Gasteiger partial charge on any atom is 0.259 e. The molecule has 0 radical (unpaired) electrons. The van der Waals surface area contributed by atoms with Gasteiger partial charge in [-0.3, -0.25) is 14.5 Å². The molecular formula is C29H32N4O4. The maximum absolute atomic E-state index is 13.3. The zero-order chi connectivity index (χ0) is 25.8. The Bertz CT molecular complexity index is 1410. The van der Waals surface area contributed by atoms with Crippen molar-refractivity contribution < 1.29 is 14.1 Å². The van der Waals surface area contributed by atoms with Crippen LogP contribution in [0.4, 0.5) is 0 Å². The summed E-state index contributed by atoms with van der Waals surface area (Å²) in [5.41, 5.74) is 2.94. The van der Waals surface area contributed by atoms with Crippen LogP contribution >= 0.6 is 0 Å². The second-order valence-corrected chi connectivity index (χ2v) is 9.88. The Balaban J connectivity index is 1.17. The molecule has 0 bridgehead atoms. The van der Waals surface area contributed by atoms with E-state index in [4.69, 9.17) is 9.26 Å². The summed E-state index contributed by atoms with van der Waals surface area (Å²) in [7, 11) is 3.91. The number of piperidine rings is 1. The molecule has 0 spiro atoms. The number of ether oxygens (including phenoxy) is 1. The predicted molar refractivity (Wildman–Crippen MR) is 141 cm³/mol. The zero-order valence-corrected chi connectivity index (χ0v) is 21.3. The summed E-state index contributed by atoms with van der Waals surface area (Å²) in [6.07, 6.45) is 5.13. The third-order valence-electron chi connectivity index (χ3n) is 6.92. The number of benzene rings is 2. The number of fused-ring (bicyclic) bond motifs is 1. The molecule has 1 saturated heterocycles. The molecule has 8 nitrogen and oxygen atoms in total. The molecule has 0 saturated carbocycles. The standard InChI is InChI=1S/C29H32N4O4/c1-31(18-23-13-15-37-30-23)16-21-9-11-24(12-10-21)36-20-22-6-5-14-33(17-22)29(35)26-19-32(2)27-8-4-3-7-25(27)28(26)34/h3-4,7-13,15,19,22H,5-6,14,16-18,20H2,1-2H3/t22-/m0/s1. The van der Waals surface area contributed by atoms with E-state index in [9.17, 15) is 9.59 Å². The van der Waals surface area contributed by atoms with Crippen LogP contribution < -0.4 is 10.2 Å². The number of rotatable bonds is 8. The smallest absolute Gasteiger partial charge is 0.259 e. The van der Waals surface area contributed by atoms with Gasteiger partial charge in [-0.2, -0.15) is 0 Å². The molecule has 2 aromatic carbocycles. The summed E-state index contributed by atoms with van der Waals surface area (Å²) in [5, 5.41) is 4.53. The summed E-state index contributed by atoms with van der Waals surface area (Å²) in [5.74, 6) is 0.833. The topological polar surface area (TPSA) is 80.8 Å². The van der Waals surface area contributed by atoms with Crippen LogP contribution in [0, 0.1) is 5.92 Å². The van der Waals surface area contributed by atoms with Crippen molar-refractivity contribution in [3.8, 4) is 5.75 Å². The second kappa shape index (κ2) is 11.0. The van der Waals surface area contributed by atoms with E-state index >= 15 is 0 Å². The number of likely N-dealkylation sites (tertiary alicyclic amines) is 1. The molecule has 1 fully saturated rings. The van der Waals surface area contributed by atoms with Gasteiger partial charge in [-0.15, -0.1) is 0 Å². The SMILES string of the molecule is CN(Cc1ccc(OC[C@H]2CCCN(C(=O)c3cn(C)c4ccccc4c3=O)C2)cc1)Cc1ccon1. The summed E-state index contributed by atoms with van der Waals surface area (Å²) in [6, 6.07) is 17.4. The summed E-state index contributed by atoms with van der Waals surface area (Å²) < 4.78 is 12.8. The van der Waals surface area contributed by atoms with Crippen molar-refractivity contribution >= 4 is 16.8 Å². The number of carbonyl (C=O) groups excluding carboxylic acids is 1. The highest BCUT2D eigenvalue weighted by molar-refractivity contribution is 5.97. The molecule has 0 unspecified atom stereocenters. The molecular weight excluding hydrogens is 468 g/mol. The molecule has 3 heterocycles. The average Bonchev–Trinajstić information content (AvgIpc) is 3.43. The highest BCUT2D eigenvalue weighted by Gasteiger charge is 2.27. The molecule has 1 aliphatic heterocycles. The molecule has 1 aliphatic rings. The van der Waals surface area contributed by atoms with Gasteiger partial charge in [-0.1, -0.05) is 29.4 Å². The van der Waals surface area contributed by atoms with Gasteiger partial charge >= 0.3 is 0 Å². The van der Waals surface area contributed by atoms with Gasteiger partial charge in [0.05, 0.1) is 17.8 Å². The van der Waals surface area contributed by atoms with E-state index in [0.717, 1.165) is 42.9 Å². The molecule has 5 rings (SSSR count).